The molecule has 0 aliphatic carbocycles. The molecule has 3 atom stereocenters. The van der Waals surface area contributed by atoms with Crippen LogP contribution >= 0.6 is 0 Å². The van der Waals surface area contributed by atoms with E-state index in [0.29, 0.717) is 5.92 Å². The van der Waals surface area contributed by atoms with Gasteiger partial charge in [-0.25, -0.2) is 0 Å². The van der Waals surface area contributed by atoms with E-state index in [1.165, 1.54) is 64.2 Å². The summed E-state index contributed by atoms with van der Waals surface area (Å²) in [4.78, 5) is 0. The highest BCUT2D eigenvalue weighted by molar-refractivity contribution is 4.61. The Kier molecular flexibility index (Phi) is 12.0. The van der Waals surface area contributed by atoms with E-state index in [2.05, 4.69) is 20.8 Å². The Balaban J connectivity index is 3.29. The van der Waals surface area contributed by atoms with E-state index in [0.717, 1.165) is 5.92 Å². The van der Waals surface area contributed by atoms with Crippen LogP contribution < -0.4 is 0 Å². The van der Waals surface area contributed by atoms with Crippen LogP contribution in [0.3, 0.4) is 0 Å². The molecule has 0 saturated carbocycles. The third-order valence-corrected chi connectivity index (χ3v) is 4.23. The summed E-state index contributed by atoms with van der Waals surface area (Å²) in [5.74, 6) is 1.34. The number of unbranched alkanes of at least 4 members (excludes halogenated alkanes) is 5. The summed E-state index contributed by atoms with van der Waals surface area (Å²) >= 11 is 0. The molecule has 1 heteroatoms. The molecule has 110 valence electrons. The summed E-state index contributed by atoms with van der Waals surface area (Å²) in [6.07, 6.45) is 13.5. The monoisotopic (exact) mass is 256 g/mol. The van der Waals surface area contributed by atoms with Crippen molar-refractivity contribution in [2.24, 2.45) is 11.8 Å². The van der Waals surface area contributed by atoms with Gasteiger partial charge in [-0.1, -0.05) is 78.6 Å². The molecule has 0 radical (unpaired) electrons. The van der Waals surface area contributed by atoms with Crippen molar-refractivity contribution in [3.05, 3.63) is 0 Å². The Morgan fingerprint density at radius 2 is 1.28 bits per heavy atom. The van der Waals surface area contributed by atoms with E-state index < -0.39 is 0 Å². The molecule has 18 heavy (non-hydrogen) atoms. The molecule has 0 heterocycles. The molecule has 0 aromatic rings. The standard InChI is InChI=1S/C17H36O/c1-5-6-7-8-9-10-12-15(2)13-11-14-16(3)17(4)18/h15-18H,5-14H2,1-4H3/t15-,16?,17?/m0/s1. The van der Waals surface area contributed by atoms with E-state index in [4.69, 9.17) is 0 Å². The number of hydrogen-bond donors (Lipinski definition) is 1. The van der Waals surface area contributed by atoms with Crippen LogP contribution in [-0.4, -0.2) is 11.2 Å². The first-order valence-electron chi connectivity index (χ1n) is 8.26. The van der Waals surface area contributed by atoms with Gasteiger partial charge in [0.25, 0.3) is 0 Å². The fraction of sp³-hybridized carbons (Fsp3) is 1.00. The lowest BCUT2D eigenvalue weighted by molar-refractivity contribution is 0.127. The second kappa shape index (κ2) is 12.0. The number of rotatable bonds is 12. The third kappa shape index (κ3) is 11.1. The molecule has 0 saturated heterocycles. The van der Waals surface area contributed by atoms with Gasteiger partial charge in [-0.2, -0.15) is 0 Å². The highest BCUT2D eigenvalue weighted by Gasteiger charge is 2.09. The van der Waals surface area contributed by atoms with Gasteiger partial charge in [0.15, 0.2) is 0 Å². The minimum atomic E-state index is -0.140. The minimum Gasteiger partial charge on any atom is -0.393 e. The van der Waals surface area contributed by atoms with Gasteiger partial charge in [0, 0.05) is 0 Å². The summed E-state index contributed by atoms with van der Waals surface area (Å²) in [6, 6.07) is 0. The number of aliphatic hydroxyl groups excluding tert-OH is 1. The minimum absolute atomic E-state index is 0.140. The van der Waals surface area contributed by atoms with Gasteiger partial charge >= 0.3 is 0 Å². The van der Waals surface area contributed by atoms with Crippen LogP contribution in [0.5, 0.6) is 0 Å². The van der Waals surface area contributed by atoms with Crippen LogP contribution in [-0.2, 0) is 0 Å². The van der Waals surface area contributed by atoms with Crippen molar-refractivity contribution in [1.82, 2.24) is 0 Å². The lowest BCUT2D eigenvalue weighted by Gasteiger charge is -2.16. The summed E-state index contributed by atoms with van der Waals surface area (Å²) in [6.45, 7) is 8.73. The van der Waals surface area contributed by atoms with E-state index in [1.807, 2.05) is 6.92 Å². The average molecular weight is 256 g/mol. The van der Waals surface area contributed by atoms with E-state index >= 15 is 0 Å². The van der Waals surface area contributed by atoms with Crippen molar-refractivity contribution >= 4 is 0 Å². The van der Waals surface area contributed by atoms with Gasteiger partial charge in [0.2, 0.25) is 0 Å². The molecule has 2 unspecified atom stereocenters. The second-order valence-electron chi connectivity index (χ2n) is 6.31. The fourth-order valence-electron chi connectivity index (χ4n) is 2.45. The largest absolute Gasteiger partial charge is 0.393 e. The van der Waals surface area contributed by atoms with Crippen molar-refractivity contribution in [2.45, 2.75) is 98.0 Å². The van der Waals surface area contributed by atoms with Crippen LogP contribution in [0, 0.1) is 11.8 Å². The van der Waals surface area contributed by atoms with Crippen LogP contribution in [0.1, 0.15) is 91.9 Å². The molecule has 0 fully saturated rings. The van der Waals surface area contributed by atoms with Gasteiger partial charge < -0.3 is 5.11 Å². The lowest BCUT2D eigenvalue weighted by Crippen LogP contribution is -2.13. The zero-order chi connectivity index (χ0) is 13.8. The van der Waals surface area contributed by atoms with Crippen LogP contribution in [0.15, 0.2) is 0 Å². The van der Waals surface area contributed by atoms with Gasteiger partial charge in [-0.15, -0.1) is 0 Å². The topological polar surface area (TPSA) is 20.2 Å². The molecule has 0 rings (SSSR count). The molecule has 1 nitrogen and oxygen atoms in total. The molecule has 0 aliphatic rings. The third-order valence-electron chi connectivity index (χ3n) is 4.23. The molecule has 0 amide bonds. The van der Waals surface area contributed by atoms with Crippen molar-refractivity contribution < 1.29 is 5.11 Å². The first-order chi connectivity index (χ1) is 8.57. The fourth-order valence-corrected chi connectivity index (χ4v) is 2.45. The molecule has 0 aromatic heterocycles. The maximum Gasteiger partial charge on any atom is 0.0537 e. The Labute approximate surface area is 115 Å². The molecule has 0 aliphatic heterocycles. The first kappa shape index (κ1) is 18.0. The smallest absolute Gasteiger partial charge is 0.0537 e. The van der Waals surface area contributed by atoms with Gasteiger partial charge in [0.1, 0.15) is 0 Å². The Morgan fingerprint density at radius 1 is 0.722 bits per heavy atom. The van der Waals surface area contributed by atoms with Crippen molar-refractivity contribution in [3.63, 3.8) is 0 Å². The van der Waals surface area contributed by atoms with Crippen LogP contribution in [0.25, 0.3) is 0 Å². The number of aliphatic hydroxyl groups is 1. The van der Waals surface area contributed by atoms with Crippen LogP contribution in [0.2, 0.25) is 0 Å². The molecular weight excluding hydrogens is 220 g/mol. The van der Waals surface area contributed by atoms with Gasteiger partial charge in [-0.05, 0) is 25.2 Å². The summed E-state index contributed by atoms with van der Waals surface area (Å²) in [5, 5.41) is 9.43. The molecular formula is C17H36O. The van der Waals surface area contributed by atoms with E-state index in [-0.39, 0.29) is 6.10 Å². The maximum atomic E-state index is 9.43. The van der Waals surface area contributed by atoms with E-state index in [9.17, 15) is 5.11 Å². The van der Waals surface area contributed by atoms with Crippen molar-refractivity contribution in [2.75, 3.05) is 0 Å². The predicted molar refractivity (Wildman–Crippen MR) is 81.9 cm³/mol. The molecule has 0 spiro atoms. The summed E-state index contributed by atoms with van der Waals surface area (Å²) in [5.41, 5.74) is 0. The lowest BCUT2D eigenvalue weighted by atomic mass is 9.93. The van der Waals surface area contributed by atoms with Crippen molar-refractivity contribution in [1.29, 1.82) is 0 Å². The first-order valence-corrected chi connectivity index (χ1v) is 8.26. The Bertz CT molecular complexity index is 165. The average Bonchev–Trinajstić information content (AvgIpc) is 2.33. The highest BCUT2D eigenvalue weighted by Crippen LogP contribution is 2.19. The molecule has 0 aromatic carbocycles. The SMILES string of the molecule is CCCCCCCC[C@H](C)CCCC(C)C(C)O. The summed E-state index contributed by atoms with van der Waals surface area (Å²) in [7, 11) is 0. The van der Waals surface area contributed by atoms with Gasteiger partial charge in [0.05, 0.1) is 6.10 Å². The second-order valence-corrected chi connectivity index (χ2v) is 6.31. The molecule has 0 bridgehead atoms. The van der Waals surface area contributed by atoms with Gasteiger partial charge in [-0.3, -0.25) is 0 Å². The predicted octanol–water partition coefficient (Wildman–Crippen LogP) is 5.56. The normalized spacial score (nSPS) is 16.5. The Hall–Kier alpha value is -0.0400. The zero-order valence-electron chi connectivity index (χ0n) is 13.3. The van der Waals surface area contributed by atoms with E-state index in [1.54, 1.807) is 0 Å². The van der Waals surface area contributed by atoms with Crippen LogP contribution in [0.4, 0.5) is 0 Å². The maximum absolute atomic E-state index is 9.43. The van der Waals surface area contributed by atoms with Crippen molar-refractivity contribution in [3.8, 4) is 0 Å². The Morgan fingerprint density at radius 3 is 1.89 bits per heavy atom. The highest BCUT2D eigenvalue weighted by atomic mass is 16.3. The number of hydrogen-bond acceptors (Lipinski definition) is 1. The molecule has 1 N–H and O–H groups in total. The summed E-state index contributed by atoms with van der Waals surface area (Å²) < 4.78 is 0. The quantitative estimate of drug-likeness (QED) is 0.453. The zero-order valence-corrected chi connectivity index (χ0v) is 13.3.